The first-order valence-electron chi connectivity index (χ1n) is 10.3. The highest BCUT2D eigenvalue weighted by atomic mass is 32.1. The predicted molar refractivity (Wildman–Crippen MR) is 124 cm³/mol. The molecule has 0 saturated carbocycles. The van der Waals surface area contributed by atoms with Gasteiger partial charge in [0, 0.05) is 24.6 Å². The van der Waals surface area contributed by atoms with E-state index in [0.717, 1.165) is 18.4 Å². The van der Waals surface area contributed by atoms with Crippen LogP contribution in [0.25, 0.3) is 11.4 Å². The summed E-state index contributed by atoms with van der Waals surface area (Å²) in [5, 5.41) is 10.1. The van der Waals surface area contributed by atoms with Crippen LogP contribution in [0.1, 0.15) is 31.7 Å². The van der Waals surface area contributed by atoms with Crippen molar-refractivity contribution < 1.29 is 14.3 Å². The SMILES string of the molecule is CCCCOc1ccc(OC)cc1NC(=O)CCn1c(-c2ccc(C)cc2)n[nH]c1=S. The molecule has 0 unspecified atom stereocenters. The molecule has 1 amide bonds. The van der Waals surface area contributed by atoms with Crippen LogP contribution < -0.4 is 14.8 Å². The van der Waals surface area contributed by atoms with Gasteiger partial charge in [-0.1, -0.05) is 43.2 Å². The lowest BCUT2D eigenvalue weighted by molar-refractivity contribution is -0.116. The Morgan fingerprint density at radius 1 is 1.23 bits per heavy atom. The largest absolute Gasteiger partial charge is 0.497 e. The number of anilines is 1. The number of methoxy groups -OCH3 is 1. The van der Waals surface area contributed by atoms with E-state index in [4.69, 9.17) is 21.7 Å². The molecule has 2 aromatic carbocycles. The second kappa shape index (κ2) is 10.8. The molecule has 2 N–H and O–H groups in total. The quantitative estimate of drug-likeness (QED) is 0.337. The van der Waals surface area contributed by atoms with Crippen molar-refractivity contribution in [2.45, 2.75) is 39.7 Å². The number of H-pyrrole nitrogens is 1. The van der Waals surface area contributed by atoms with Gasteiger partial charge >= 0.3 is 0 Å². The molecular weight excluding hydrogens is 412 g/mol. The maximum Gasteiger partial charge on any atom is 0.226 e. The first-order chi connectivity index (χ1) is 15.0. The molecule has 1 heterocycles. The number of rotatable bonds is 10. The van der Waals surface area contributed by atoms with Crippen molar-refractivity contribution in [3.8, 4) is 22.9 Å². The fourth-order valence-corrected chi connectivity index (χ4v) is 3.28. The number of hydrogen-bond donors (Lipinski definition) is 2. The first kappa shape index (κ1) is 22.6. The molecule has 0 radical (unpaired) electrons. The maximum atomic E-state index is 12.7. The summed E-state index contributed by atoms with van der Waals surface area (Å²) in [6.45, 7) is 5.13. The van der Waals surface area contributed by atoms with Gasteiger partial charge in [0.1, 0.15) is 11.5 Å². The van der Waals surface area contributed by atoms with E-state index in [1.54, 1.807) is 13.2 Å². The highest BCUT2D eigenvalue weighted by molar-refractivity contribution is 7.71. The summed E-state index contributed by atoms with van der Waals surface area (Å²) in [6.07, 6.45) is 2.21. The Labute approximate surface area is 187 Å². The summed E-state index contributed by atoms with van der Waals surface area (Å²) in [5.74, 6) is 1.84. The van der Waals surface area contributed by atoms with Gasteiger partial charge in [-0.2, -0.15) is 5.10 Å². The zero-order valence-corrected chi connectivity index (χ0v) is 18.9. The van der Waals surface area contributed by atoms with E-state index in [0.29, 0.717) is 40.9 Å². The molecule has 0 bridgehead atoms. The van der Waals surface area contributed by atoms with E-state index >= 15 is 0 Å². The molecule has 1 aromatic heterocycles. The molecule has 0 fully saturated rings. The van der Waals surface area contributed by atoms with Gasteiger partial charge in [-0.15, -0.1) is 0 Å². The van der Waals surface area contributed by atoms with Gasteiger partial charge in [-0.25, -0.2) is 0 Å². The summed E-state index contributed by atoms with van der Waals surface area (Å²) in [6, 6.07) is 13.4. The fourth-order valence-electron chi connectivity index (χ4n) is 3.06. The van der Waals surface area contributed by atoms with E-state index < -0.39 is 0 Å². The normalized spacial score (nSPS) is 10.7. The zero-order valence-electron chi connectivity index (χ0n) is 18.1. The van der Waals surface area contributed by atoms with Gasteiger partial charge in [0.25, 0.3) is 0 Å². The van der Waals surface area contributed by atoms with Gasteiger partial charge in [-0.3, -0.25) is 14.5 Å². The van der Waals surface area contributed by atoms with Crippen LogP contribution in [0, 0.1) is 11.7 Å². The van der Waals surface area contributed by atoms with Crippen LogP contribution in [0.15, 0.2) is 42.5 Å². The Bertz CT molecular complexity index is 1070. The number of carbonyl (C=O) groups excluding carboxylic acids is 1. The Kier molecular flexibility index (Phi) is 7.83. The summed E-state index contributed by atoms with van der Waals surface area (Å²) in [7, 11) is 1.59. The molecule has 0 aliphatic rings. The lowest BCUT2D eigenvalue weighted by Crippen LogP contribution is -2.16. The molecule has 3 rings (SSSR count). The molecule has 31 heavy (non-hydrogen) atoms. The van der Waals surface area contributed by atoms with Crippen molar-refractivity contribution in [1.82, 2.24) is 14.8 Å². The molecule has 0 aliphatic heterocycles. The average Bonchev–Trinajstić information content (AvgIpc) is 3.14. The minimum absolute atomic E-state index is 0.147. The second-order valence-corrected chi connectivity index (χ2v) is 7.62. The monoisotopic (exact) mass is 440 g/mol. The van der Waals surface area contributed by atoms with Crippen molar-refractivity contribution in [1.29, 1.82) is 0 Å². The predicted octanol–water partition coefficient (Wildman–Crippen LogP) is 5.13. The molecule has 0 atom stereocenters. The molecule has 3 aromatic rings. The van der Waals surface area contributed by atoms with Crippen molar-refractivity contribution in [3.63, 3.8) is 0 Å². The lowest BCUT2D eigenvalue weighted by atomic mass is 10.1. The molecule has 0 spiro atoms. The summed E-state index contributed by atoms with van der Waals surface area (Å²) >= 11 is 5.37. The molecule has 0 saturated heterocycles. The molecule has 0 aliphatic carbocycles. The van der Waals surface area contributed by atoms with Gasteiger partial charge in [-0.05, 0) is 37.7 Å². The van der Waals surface area contributed by atoms with Crippen LogP contribution in [0.4, 0.5) is 5.69 Å². The number of nitrogens with zero attached hydrogens (tertiary/aromatic N) is 2. The number of carbonyl (C=O) groups is 1. The number of unbranched alkanes of at least 4 members (excludes halogenated alkanes) is 1. The third-order valence-corrected chi connectivity index (χ3v) is 5.16. The van der Waals surface area contributed by atoms with Gasteiger partial charge in [0.05, 0.1) is 19.4 Å². The molecule has 7 nitrogen and oxygen atoms in total. The topological polar surface area (TPSA) is 81.2 Å². The average molecular weight is 441 g/mol. The number of benzene rings is 2. The summed E-state index contributed by atoms with van der Waals surface area (Å²) < 4.78 is 13.4. The van der Waals surface area contributed by atoms with Crippen LogP contribution >= 0.6 is 12.2 Å². The van der Waals surface area contributed by atoms with Crippen molar-refractivity contribution in [2.24, 2.45) is 0 Å². The third kappa shape index (κ3) is 5.95. The van der Waals surface area contributed by atoms with Crippen LogP contribution in [0.3, 0.4) is 0 Å². The molecule has 164 valence electrons. The smallest absolute Gasteiger partial charge is 0.226 e. The van der Waals surface area contributed by atoms with Gasteiger partial charge in [0.2, 0.25) is 5.91 Å². The first-order valence-corrected chi connectivity index (χ1v) is 10.8. The Morgan fingerprint density at radius 3 is 2.71 bits per heavy atom. The van der Waals surface area contributed by atoms with Crippen LogP contribution in [0.5, 0.6) is 11.5 Å². The summed E-state index contributed by atoms with van der Waals surface area (Å²) in [4.78, 5) is 12.7. The second-order valence-electron chi connectivity index (χ2n) is 7.23. The number of aromatic nitrogens is 3. The lowest BCUT2D eigenvalue weighted by Gasteiger charge is -2.14. The fraction of sp³-hybridized carbons (Fsp3) is 0.348. The Morgan fingerprint density at radius 2 is 2.00 bits per heavy atom. The van der Waals surface area contributed by atoms with Crippen molar-refractivity contribution in [3.05, 3.63) is 52.8 Å². The number of aryl methyl sites for hydroxylation is 1. The number of nitrogens with one attached hydrogen (secondary N) is 2. The minimum atomic E-state index is -0.147. The van der Waals surface area contributed by atoms with E-state index in [9.17, 15) is 4.79 Å². The molecule has 8 heteroatoms. The zero-order chi connectivity index (χ0) is 22.2. The maximum absolute atomic E-state index is 12.7. The van der Waals surface area contributed by atoms with Crippen LogP contribution in [0.2, 0.25) is 0 Å². The highest BCUT2D eigenvalue weighted by Crippen LogP contribution is 2.29. The van der Waals surface area contributed by atoms with Gasteiger partial charge < -0.3 is 14.8 Å². The number of amides is 1. The molecular formula is C23H28N4O3S. The van der Waals surface area contributed by atoms with Crippen LogP contribution in [-0.4, -0.2) is 34.4 Å². The standard InChI is InChI=1S/C23H28N4O3S/c1-4-5-14-30-20-11-10-18(29-3)15-19(20)24-21(28)12-13-27-22(25-26-23(27)31)17-8-6-16(2)7-9-17/h6-11,15H,4-5,12-14H2,1-3H3,(H,24,28)(H,26,31). The Hall–Kier alpha value is -3.13. The van der Waals surface area contributed by atoms with Gasteiger partial charge in [0.15, 0.2) is 10.6 Å². The van der Waals surface area contributed by atoms with E-state index in [1.807, 2.05) is 47.9 Å². The number of ether oxygens (including phenoxy) is 2. The Balaban J connectivity index is 1.70. The van der Waals surface area contributed by atoms with Crippen LogP contribution in [-0.2, 0) is 11.3 Å². The summed E-state index contributed by atoms with van der Waals surface area (Å²) in [5.41, 5.74) is 2.70. The minimum Gasteiger partial charge on any atom is -0.497 e. The van der Waals surface area contributed by atoms with E-state index in [2.05, 4.69) is 22.4 Å². The van der Waals surface area contributed by atoms with Crippen molar-refractivity contribution in [2.75, 3.05) is 19.0 Å². The van der Waals surface area contributed by atoms with E-state index in [1.165, 1.54) is 5.56 Å². The highest BCUT2D eigenvalue weighted by Gasteiger charge is 2.13. The number of aromatic amines is 1. The van der Waals surface area contributed by atoms with Crippen molar-refractivity contribution >= 4 is 23.8 Å². The third-order valence-electron chi connectivity index (χ3n) is 4.85. The van der Waals surface area contributed by atoms with E-state index in [-0.39, 0.29) is 12.3 Å². The number of hydrogen-bond acceptors (Lipinski definition) is 5.